The molecule has 1 nitrogen and oxygen atoms in total. The van der Waals surface area contributed by atoms with E-state index in [1.807, 2.05) is 66.8 Å². The number of para-hydroxylation sites is 1. The van der Waals surface area contributed by atoms with Gasteiger partial charge in [0.25, 0.3) is 0 Å². The Bertz CT molecular complexity index is 541. The first-order valence-corrected chi connectivity index (χ1v) is 5.95. The van der Waals surface area contributed by atoms with E-state index < -0.39 is 0 Å². The van der Waals surface area contributed by atoms with Gasteiger partial charge < -0.3 is 5.11 Å². The standard InChI is InChI=1S/C17H16O/c1-2-15(16-10-6-7-11-17(16)18)13-12-14-8-4-3-5-9-14/h2-13,15,18H,1H2/b13-12+. The Morgan fingerprint density at radius 2 is 1.61 bits per heavy atom. The Hall–Kier alpha value is -2.28. The molecule has 0 amide bonds. The van der Waals surface area contributed by atoms with Crippen LogP contribution < -0.4 is 0 Å². The van der Waals surface area contributed by atoms with Crippen molar-refractivity contribution in [1.82, 2.24) is 0 Å². The van der Waals surface area contributed by atoms with Crippen LogP contribution in [-0.4, -0.2) is 5.11 Å². The van der Waals surface area contributed by atoms with Gasteiger partial charge in [0.15, 0.2) is 0 Å². The number of phenolic OH excluding ortho intramolecular Hbond substituents is 1. The molecule has 0 saturated carbocycles. The van der Waals surface area contributed by atoms with Gasteiger partial charge >= 0.3 is 0 Å². The van der Waals surface area contributed by atoms with Gasteiger partial charge in [-0.25, -0.2) is 0 Å². The minimum atomic E-state index is 0.0198. The Labute approximate surface area is 108 Å². The number of allylic oxidation sites excluding steroid dienone is 2. The van der Waals surface area contributed by atoms with Crippen molar-refractivity contribution in [2.45, 2.75) is 5.92 Å². The normalized spacial score (nSPS) is 12.4. The third-order valence-electron chi connectivity index (χ3n) is 2.85. The Morgan fingerprint density at radius 1 is 0.944 bits per heavy atom. The number of rotatable bonds is 4. The summed E-state index contributed by atoms with van der Waals surface area (Å²) in [5.41, 5.74) is 2.01. The van der Waals surface area contributed by atoms with E-state index in [0.717, 1.165) is 11.1 Å². The molecule has 1 N–H and O–H groups in total. The van der Waals surface area contributed by atoms with Crippen molar-refractivity contribution < 1.29 is 5.11 Å². The number of phenols is 1. The van der Waals surface area contributed by atoms with Crippen molar-refractivity contribution in [3.05, 3.63) is 84.5 Å². The number of benzene rings is 2. The maximum atomic E-state index is 9.83. The molecule has 0 radical (unpaired) electrons. The lowest BCUT2D eigenvalue weighted by molar-refractivity contribution is 0.468. The summed E-state index contributed by atoms with van der Waals surface area (Å²) in [6.07, 6.45) is 5.91. The minimum Gasteiger partial charge on any atom is -0.508 e. The average Bonchev–Trinajstić information content (AvgIpc) is 2.42. The van der Waals surface area contributed by atoms with Crippen molar-refractivity contribution in [2.75, 3.05) is 0 Å². The monoisotopic (exact) mass is 236 g/mol. The molecule has 2 aromatic carbocycles. The molecular weight excluding hydrogens is 220 g/mol. The van der Waals surface area contributed by atoms with E-state index >= 15 is 0 Å². The molecule has 0 aromatic heterocycles. The smallest absolute Gasteiger partial charge is 0.119 e. The van der Waals surface area contributed by atoms with Gasteiger partial charge in [0.1, 0.15) is 5.75 Å². The summed E-state index contributed by atoms with van der Waals surface area (Å²) in [5, 5.41) is 9.83. The lowest BCUT2D eigenvalue weighted by atomic mass is 9.97. The zero-order chi connectivity index (χ0) is 12.8. The number of hydrogen-bond acceptors (Lipinski definition) is 1. The molecule has 2 aromatic rings. The van der Waals surface area contributed by atoms with Gasteiger partial charge in [0.05, 0.1) is 0 Å². The quantitative estimate of drug-likeness (QED) is 0.781. The summed E-state index contributed by atoms with van der Waals surface area (Å²) in [5.74, 6) is 0.325. The van der Waals surface area contributed by atoms with Crippen molar-refractivity contribution in [3.8, 4) is 5.75 Å². The van der Waals surface area contributed by atoms with Crippen molar-refractivity contribution >= 4 is 6.08 Å². The molecule has 0 fully saturated rings. The van der Waals surface area contributed by atoms with Crippen molar-refractivity contribution in [3.63, 3.8) is 0 Å². The lowest BCUT2D eigenvalue weighted by Crippen LogP contribution is -1.90. The fourth-order valence-corrected chi connectivity index (χ4v) is 1.86. The molecule has 1 heteroatoms. The fourth-order valence-electron chi connectivity index (χ4n) is 1.86. The van der Waals surface area contributed by atoms with Crippen molar-refractivity contribution in [2.24, 2.45) is 0 Å². The Balaban J connectivity index is 2.23. The molecular formula is C17H16O. The second-order valence-electron chi connectivity index (χ2n) is 4.09. The van der Waals surface area contributed by atoms with Crippen LogP contribution in [0.4, 0.5) is 0 Å². The summed E-state index contributed by atoms with van der Waals surface area (Å²) in [7, 11) is 0. The summed E-state index contributed by atoms with van der Waals surface area (Å²) < 4.78 is 0. The fraction of sp³-hybridized carbons (Fsp3) is 0.0588. The van der Waals surface area contributed by atoms with Crippen LogP contribution in [0.3, 0.4) is 0 Å². The predicted molar refractivity (Wildman–Crippen MR) is 76.5 cm³/mol. The zero-order valence-electron chi connectivity index (χ0n) is 10.2. The highest BCUT2D eigenvalue weighted by Crippen LogP contribution is 2.27. The SMILES string of the molecule is C=CC(/C=C/c1ccccc1)c1ccccc1O. The van der Waals surface area contributed by atoms with Crippen LogP contribution in [0.1, 0.15) is 17.0 Å². The van der Waals surface area contributed by atoms with Gasteiger partial charge in [-0.2, -0.15) is 0 Å². The van der Waals surface area contributed by atoms with E-state index in [9.17, 15) is 5.11 Å². The van der Waals surface area contributed by atoms with Gasteiger partial charge in [-0.15, -0.1) is 6.58 Å². The Kier molecular flexibility index (Phi) is 3.98. The van der Waals surface area contributed by atoms with Gasteiger partial charge in [0.2, 0.25) is 0 Å². The maximum Gasteiger partial charge on any atom is 0.119 e. The molecule has 18 heavy (non-hydrogen) atoms. The van der Waals surface area contributed by atoms with Crippen LogP contribution in [0, 0.1) is 0 Å². The van der Waals surface area contributed by atoms with E-state index in [1.54, 1.807) is 6.07 Å². The molecule has 1 atom stereocenters. The topological polar surface area (TPSA) is 20.2 Å². The van der Waals surface area contributed by atoms with Crippen LogP contribution >= 0.6 is 0 Å². The molecule has 0 spiro atoms. The molecule has 0 aliphatic rings. The summed E-state index contributed by atoms with van der Waals surface area (Å²) in [6.45, 7) is 3.83. The molecule has 0 saturated heterocycles. The van der Waals surface area contributed by atoms with E-state index in [4.69, 9.17) is 0 Å². The molecule has 90 valence electrons. The molecule has 0 aliphatic carbocycles. The van der Waals surface area contributed by atoms with Gasteiger partial charge in [0, 0.05) is 11.5 Å². The van der Waals surface area contributed by atoms with Crippen LogP contribution in [0.2, 0.25) is 0 Å². The Morgan fingerprint density at radius 3 is 2.28 bits per heavy atom. The molecule has 0 heterocycles. The first-order valence-electron chi connectivity index (χ1n) is 5.95. The van der Waals surface area contributed by atoms with E-state index in [0.29, 0.717) is 5.75 Å². The highest BCUT2D eigenvalue weighted by atomic mass is 16.3. The third kappa shape index (κ3) is 2.89. The van der Waals surface area contributed by atoms with Crippen LogP contribution in [0.5, 0.6) is 5.75 Å². The van der Waals surface area contributed by atoms with E-state index in [2.05, 4.69) is 6.58 Å². The number of hydrogen-bond donors (Lipinski definition) is 1. The average molecular weight is 236 g/mol. The molecule has 1 unspecified atom stereocenters. The predicted octanol–water partition coefficient (Wildman–Crippen LogP) is 4.38. The minimum absolute atomic E-state index is 0.0198. The highest BCUT2D eigenvalue weighted by molar-refractivity contribution is 5.52. The van der Waals surface area contributed by atoms with Crippen LogP contribution in [0.15, 0.2) is 73.3 Å². The van der Waals surface area contributed by atoms with Crippen LogP contribution in [0.25, 0.3) is 6.08 Å². The summed E-state index contributed by atoms with van der Waals surface area (Å²) in [4.78, 5) is 0. The first kappa shape index (κ1) is 12.2. The van der Waals surface area contributed by atoms with E-state index in [-0.39, 0.29) is 5.92 Å². The largest absolute Gasteiger partial charge is 0.508 e. The number of aromatic hydroxyl groups is 1. The molecule has 0 bridgehead atoms. The van der Waals surface area contributed by atoms with Crippen molar-refractivity contribution in [1.29, 1.82) is 0 Å². The molecule has 0 aliphatic heterocycles. The maximum absolute atomic E-state index is 9.83. The molecule has 2 rings (SSSR count). The zero-order valence-corrected chi connectivity index (χ0v) is 10.2. The van der Waals surface area contributed by atoms with Gasteiger partial charge in [-0.1, -0.05) is 66.8 Å². The summed E-state index contributed by atoms with van der Waals surface area (Å²) in [6, 6.07) is 17.4. The van der Waals surface area contributed by atoms with Crippen LogP contribution in [-0.2, 0) is 0 Å². The van der Waals surface area contributed by atoms with Gasteiger partial charge in [-0.05, 0) is 11.6 Å². The highest BCUT2D eigenvalue weighted by Gasteiger charge is 2.07. The second-order valence-corrected chi connectivity index (χ2v) is 4.09. The van der Waals surface area contributed by atoms with Gasteiger partial charge in [-0.3, -0.25) is 0 Å². The second kappa shape index (κ2) is 5.87. The lowest BCUT2D eigenvalue weighted by Gasteiger charge is -2.09. The summed E-state index contributed by atoms with van der Waals surface area (Å²) >= 11 is 0. The van der Waals surface area contributed by atoms with E-state index in [1.165, 1.54) is 0 Å². The third-order valence-corrected chi connectivity index (χ3v) is 2.85. The first-order chi connectivity index (χ1) is 8.81.